The van der Waals surface area contributed by atoms with Crippen LogP contribution >= 0.6 is 45.8 Å². The van der Waals surface area contributed by atoms with E-state index in [1.165, 1.54) is 18.3 Å². The lowest BCUT2D eigenvalue weighted by Gasteiger charge is -2.19. The van der Waals surface area contributed by atoms with E-state index in [0.29, 0.717) is 38.7 Å². The zero-order chi connectivity index (χ0) is 26.8. The van der Waals surface area contributed by atoms with Crippen molar-refractivity contribution in [3.05, 3.63) is 55.1 Å². The monoisotopic (exact) mass is 648 g/mol. The van der Waals surface area contributed by atoms with Crippen LogP contribution in [0.3, 0.4) is 0 Å². The molecule has 0 heterocycles. The molecule has 36 heavy (non-hydrogen) atoms. The number of hydrogen-bond acceptors (Lipinski definition) is 6. The highest BCUT2D eigenvalue weighted by atomic mass is 127. The van der Waals surface area contributed by atoms with E-state index in [4.69, 9.17) is 38.4 Å². The number of halogens is 3. The van der Waals surface area contributed by atoms with Crippen LogP contribution in [-0.2, 0) is 9.59 Å². The molecule has 194 valence electrons. The third-order valence-electron chi connectivity index (χ3n) is 4.58. The summed E-state index contributed by atoms with van der Waals surface area (Å²) in [6.07, 6.45) is 1.82. The van der Waals surface area contributed by atoms with Gasteiger partial charge < -0.3 is 20.5 Å². The fraction of sp³-hybridized carbons (Fsp3) is 0.333. The first-order chi connectivity index (χ1) is 17.0. The van der Waals surface area contributed by atoms with E-state index in [1.54, 1.807) is 18.2 Å². The van der Waals surface area contributed by atoms with Gasteiger partial charge in [0.25, 0.3) is 17.7 Å². The Kier molecular flexibility index (Phi) is 11.7. The van der Waals surface area contributed by atoms with Gasteiger partial charge in [0.15, 0.2) is 18.1 Å². The molecule has 2 aromatic carbocycles. The molecule has 2 rings (SSSR count). The normalized spacial score (nSPS) is 11.9. The minimum absolute atomic E-state index is 0.119. The predicted molar refractivity (Wildman–Crippen MR) is 148 cm³/mol. The summed E-state index contributed by atoms with van der Waals surface area (Å²) in [6.45, 7) is 5.76. The fourth-order valence-electron chi connectivity index (χ4n) is 3.07. The van der Waals surface area contributed by atoms with Gasteiger partial charge in [0, 0.05) is 5.02 Å². The lowest BCUT2D eigenvalue weighted by molar-refractivity contribution is -0.123. The first kappa shape index (κ1) is 29.7. The van der Waals surface area contributed by atoms with Gasteiger partial charge in [-0.3, -0.25) is 14.4 Å². The van der Waals surface area contributed by atoms with Crippen molar-refractivity contribution >= 4 is 69.7 Å². The Labute approximate surface area is 233 Å². The number of nitrogens with one attached hydrogen (secondary N) is 2. The largest absolute Gasteiger partial charge is 0.490 e. The number of carbonyl (C=O) groups is 3. The van der Waals surface area contributed by atoms with Gasteiger partial charge in [-0.15, -0.1) is 0 Å². The summed E-state index contributed by atoms with van der Waals surface area (Å²) in [4.78, 5) is 36.6. The number of nitrogens with zero attached hydrogens (tertiary/aromatic N) is 1. The Morgan fingerprint density at radius 2 is 1.89 bits per heavy atom. The highest BCUT2D eigenvalue weighted by Gasteiger charge is 2.23. The highest BCUT2D eigenvalue weighted by Crippen LogP contribution is 2.34. The number of rotatable bonds is 12. The molecule has 0 fully saturated rings. The zero-order valence-electron chi connectivity index (χ0n) is 19.9. The van der Waals surface area contributed by atoms with Crippen molar-refractivity contribution in [3.63, 3.8) is 0 Å². The second kappa shape index (κ2) is 14.2. The molecule has 0 saturated heterocycles. The zero-order valence-corrected chi connectivity index (χ0v) is 23.6. The molecule has 0 unspecified atom stereocenters. The molecule has 0 spiro atoms. The Morgan fingerprint density at radius 1 is 1.17 bits per heavy atom. The van der Waals surface area contributed by atoms with Gasteiger partial charge in [-0.1, -0.05) is 37.0 Å². The second-order valence-electron chi connectivity index (χ2n) is 8.03. The maximum atomic E-state index is 12.8. The maximum absolute atomic E-state index is 12.8. The van der Waals surface area contributed by atoms with E-state index < -0.39 is 23.8 Å². The molecule has 0 aliphatic carbocycles. The van der Waals surface area contributed by atoms with Gasteiger partial charge in [0.1, 0.15) is 6.04 Å². The maximum Gasteiger partial charge on any atom is 0.262 e. The van der Waals surface area contributed by atoms with E-state index in [2.05, 4.69) is 15.8 Å². The summed E-state index contributed by atoms with van der Waals surface area (Å²) in [7, 11) is 0. The highest BCUT2D eigenvalue weighted by molar-refractivity contribution is 14.1. The molecule has 1 atom stereocenters. The molecule has 0 aromatic heterocycles. The topological polar surface area (TPSA) is 132 Å². The minimum atomic E-state index is -0.843. The lowest BCUT2D eigenvalue weighted by Crippen LogP contribution is -2.46. The van der Waals surface area contributed by atoms with Crippen LogP contribution in [0.15, 0.2) is 35.4 Å². The average molecular weight is 649 g/mol. The van der Waals surface area contributed by atoms with Gasteiger partial charge in [-0.25, -0.2) is 5.43 Å². The van der Waals surface area contributed by atoms with E-state index in [-0.39, 0.29) is 23.1 Å². The van der Waals surface area contributed by atoms with Gasteiger partial charge in [-0.2, -0.15) is 5.10 Å². The van der Waals surface area contributed by atoms with Crippen LogP contribution in [0.2, 0.25) is 10.0 Å². The van der Waals surface area contributed by atoms with E-state index in [9.17, 15) is 14.4 Å². The van der Waals surface area contributed by atoms with Crippen molar-refractivity contribution in [1.82, 2.24) is 10.7 Å². The molecule has 0 saturated carbocycles. The summed E-state index contributed by atoms with van der Waals surface area (Å²) in [5.74, 6) is -0.679. The quantitative estimate of drug-likeness (QED) is 0.181. The standard InChI is InChI=1S/C24H27Cl2IN4O5/c1-4-35-20-9-14(8-18(27)22(20)36-12-21(28)32)11-29-31-24(34)19(7-13(2)3)30-23(33)16-6-5-15(25)10-17(16)26/h5-6,8-11,13,19H,4,7,12H2,1-3H3,(H2,28,32)(H,30,33)(H,31,34)/b29-11-/t19-/m1/s1. The predicted octanol–water partition coefficient (Wildman–Crippen LogP) is 4.16. The van der Waals surface area contributed by atoms with Crippen LogP contribution in [0.1, 0.15) is 43.1 Å². The summed E-state index contributed by atoms with van der Waals surface area (Å²) < 4.78 is 11.7. The van der Waals surface area contributed by atoms with Crippen molar-refractivity contribution in [3.8, 4) is 11.5 Å². The minimum Gasteiger partial charge on any atom is -0.490 e. The summed E-state index contributed by atoms with van der Waals surface area (Å²) >= 11 is 14.1. The van der Waals surface area contributed by atoms with Gasteiger partial charge in [0.05, 0.1) is 27.0 Å². The number of carbonyl (C=O) groups excluding carboxylic acids is 3. The fourth-order valence-corrected chi connectivity index (χ4v) is 4.35. The van der Waals surface area contributed by atoms with Gasteiger partial charge in [-0.05, 0) is 77.7 Å². The first-order valence-corrected chi connectivity index (χ1v) is 12.8. The van der Waals surface area contributed by atoms with Crippen molar-refractivity contribution in [1.29, 1.82) is 0 Å². The molecule has 3 amide bonds. The number of hydrazone groups is 1. The SMILES string of the molecule is CCOc1cc(/C=N\NC(=O)[C@@H](CC(C)C)NC(=O)c2ccc(Cl)cc2Cl)cc(I)c1OCC(N)=O. The van der Waals surface area contributed by atoms with E-state index in [1.807, 2.05) is 43.4 Å². The molecule has 0 aliphatic rings. The Balaban J connectivity index is 2.15. The average Bonchev–Trinajstić information content (AvgIpc) is 2.77. The van der Waals surface area contributed by atoms with Crippen LogP contribution in [-0.4, -0.2) is 43.2 Å². The smallest absolute Gasteiger partial charge is 0.262 e. The molecule has 9 nitrogen and oxygen atoms in total. The van der Waals surface area contributed by atoms with Gasteiger partial charge in [0.2, 0.25) is 0 Å². The molecular formula is C24H27Cl2IN4O5. The number of ether oxygens (including phenoxy) is 2. The van der Waals surface area contributed by atoms with E-state index in [0.717, 1.165) is 0 Å². The van der Waals surface area contributed by atoms with Crippen LogP contribution < -0.4 is 25.9 Å². The summed E-state index contributed by atoms with van der Waals surface area (Å²) in [5.41, 5.74) is 8.46. The van der Waals surface area contributed by atoms with Crippen molar-refractivity contribution in [2.45, 2.75) is 33.2 Å². The number of benzene rings is 2. The molecule has 0 aliphatic heterocycles. The van der Waals surface area contributed by atoms with Crippen molar-refractivity contribution in [2.75, 3.05) is 13.2 Å². The Bertz CT molecular complexity index is 1140. The van der Waals surface area contributed by atoms with Crippen molar-refractivity contribution < 1.29 is 23.9 Å². The van der Waals surface area contributed by atoms with Crippen molar-refractivity contribution in [2.24, 2.45) is 16.8 Å². The molecule has 2 aromatic rings. The van der Waals surface area contributed by atoms with Crippen LogP contribution in [0.5, 0.6) is 11.5 Å². The van der Waals surface area contributed by atoms with Gasteiger partial charge >= 0.3 is 0 Å². The molecular weight excluding hydrogens is 622 g/mol. The summed E-state index contributed by atoms with van der Waals surface area (Å²) in [6, 6.07) is 7.06. The third-order valence-corrected chi connectivity index (χ3v) is 5.93. The molecule has 4 N–H and O–H groups in total. The van der Waals surface area contributed by atoms with Crippen LogP contribution in [0.4, 0.5) is 0 Å². The van der Waals surface area contributed by atoms with Crippen LogP contribution in [0, 0.1) is 9.49 Å². The number of hydrogen-bond donors (Lipinski definition) is 3. The molecule has 0 bridgehead atoms. The Hall–Kier alpha value is -2.57. The number of amides is 3. The second-order valence-corrected chi connectivity index (χ2v) is 10.0. The lowest BCUT2D eigenvalue weighted by atomic mass is 10.0. The molecule has 0 radical (unpaired) electrons. The number of primary amides is 1. The summed E-state index contributed by atoms with van der Waals surface area (Å²) in [5, 5.41) is 7.33. The number of nitrogens with two attached hydrogens (primary N) is 1. The third kappa shape index (κ3) is 9.14. The van der Waals surface area contributed by atoms with Crippen LogP contribution in [0.25, 0.3) is 0 Å². The molecule has 12 heteroatoms. The first-order valence-electron chi connectivity index (χ1n) is 11.0. The Morgan fingerprint density at radius 3 is 2.50 bits per heavy atom. The van der Waals surface area contributed by atoms with E-state index >= 15 is 0 Å².